The highest BCUT2D eigenvalue weighted by Gasteiger charge is 2.38. The lowest BCUT2D eigenvalue weighted by molar-refractivity contribution is 0.0924. The molecule has 0 N–H and O–H groups in total. The second-order valence-electron chi connectivity index (χ2n) is 6.26. The first-order valence-corrected chi connectivity index (χ1v) is 8.50. The van der Waals surface area contributed by atoms with Crippen LogP contribution in [0.15, 0.2) is 67.0 Å². The van der Waals surface area contributed by atoms with Crippen molar-refractivity contribution >= 4 is 28.5 Å². The van der Waals surface area contributed by atoms with Gasteiger partial charge in [0.15, 0.2) is 0 Å². The number of rotatable bonds is 2. The number of anilines is 1. The van der Waals surface area contributed by atoms with Crippen LogP contribution in [-0.2, 0) is 0 Å². The fourth-order valence-corrected chi connectivity index (χ4v) is 3.45. The van der Waals surface area contributed by atoms with Gasteiger partial charge in [0.05, 0.1) is 28.3 Å². The van der Waals surface area contributed by atoms with Crippen molar-refractivity contribution in [2.24, 2.45) is 0 Å². The van der Waals surface area contributed by atoms with Crippen molar-refractivity contribution in [3.05, 3.63) is 83.7 Å². The van der Waals surface area contributed by atoms with E-state index < -0.39 is 11.8 Å². The van der Waals surface area contributed by atoms with Gasteiger partial charge in [-0.15, -0.1) is 0 Å². The Morgan fingerprint density at radius 3 is 2.18 bits per heavy atom. The van der Waals surface area contributed by atoms with Crippen LogP contribution in [0.5, 0.6) is 0 Å². The topological polar surface area (TPSA) is 91.9 Å². The maximum absolute atomic E-state index is 13.0. The Kier molecular flexibility index (Phi) is 3.33. The summed E-state index contributed by atoms with van der Waals surface area (Å²) in [5, 5.41) is 9.91. The largest absolute Gasteiger partial charge is 0.268 e. The maximum Gasteiger partial charge on any atom is 0.267 e. The average molecular weight is 365 g/mol. The molecular formula is C21H11N5O2. The molecule has 3 heterocycles. The molecule has 5 rings (SSSR count). The van der Waals surface area contributed by atoms with Crippen LogP contribution in [0.1, 0.15) is 26.3 Å². The van der Waals surface area contributed by atoms with Gasteiger partial charge in [-0.25, -0.2) is 14.9 Å². The van der Waals surface area contributed by atoms with Crippen LogP contribution < -0.4 is 4.90 Å². The van der Waals surface area contributed by atoms with E-state index in [1.807, 2.05) is 0 Å². The molecular weight excluding hydrogens is 354 g/mol. The molecule has 0 radical (unpaired) electrons. The van der Waals surface area contributed by atoms with Crippen LogP contribution in [-0.4, -0.2) is 26.3 Å². The highest BCUT2D eigenvalue weighted by molar-refractivity contribution is 6.34. The number of nitrogens with zero attached hydrogens (tertiary/aromatic N) is 5. The van der Waals surface area contributed by atoms with Crippen LogP contribution in [0.2, 0.25) is 0 Å². The van der Waals surface area contributed by atoms with Gasteiger partial charge in [-0.1, -0.05) is 12.1 Å². The summed E-state index contributed by atoms with van der Waals surface area (Å²) in [5.74, 6) is -0.140. The van der Waals surface area contributed by atoms with Gasteiger partial charge >= 0.3 is 0 Å². The first kappa shape index (κ1) is 15.9. The molecule has 0 fully saturated rings. The van der Waals surface area contributed by atoms with Gasteiger partial charge < -0.3 is 0 Å². The molecule has 1 aliphatic heterocycles. The van der Waals surface area contributed by atoms with Crippen molar-refractivity contribution in [3.63, 3.8) is 0 Å². The van der Waals surface area contributed by atoms with Gasteiger partial charge in [0.1, 0.15) is 5.82 Å². The Morgan fingerprint density at radius 2 is 1.54 bits per heavy atom. The van der Waals surface area contributed by atoms with E-state index in [2.05, 4.69) is 16.0 Å². The molecule has 4 aromatic rings. The van der Waals surface area contributed by atoms with Crippen LogP contribution >= 0.6 is 0 Å². The first-order chi connectivity index (χ1) is 13.7. The molecule has 0 bridgehead atoms. The number of aromatic nitrogens is 3. The zero-order chi connectivity index (χ0) is 19.3. The highest BCUT2D eigenvalue weighted by atomic mass is 16.2. The van der Waals surface area contributed by atoms with Gasteiger partial charge in [-0.2, -0.15) is 5.26 Å². The summed E-state index contributed by atoms with van der Waals surface area (Å²) in [7, 11) is 0. The summed E-state index contributed by atoms with van der Waals surface area (Å²) in [5.41, 5.74) is 1.89. The molecule has 0 spiro atoms. The summed E-state index contributed by atoms with van der Waals surface area (Å²) in [6.45, 7) is 0. The van der Waals surface area contributed by atoms with Crippen LogP contribution in [0.3, 0.4) is 0 Å². The van der Waals surface area contributed by atoms with E-state index in [-0.39, 0.29) is 0 Å². The molecule has 0 saturated heterocycles. The number of amides is 2. The normalized spacial score (nSPS) is 13.0. The lowest BCUT2D eigenvalue weighted by atomic mass is 10.1. The van der Waals surface area contributed by atoms with Crippen molar-refractivity contribution in [2.75, 3.05) is 4.90 Å². The average Bonchev–Trinajstić information content (AvgIpc) is 3.23. The third-order valence-electron chi connectivity index (χ3n) is 4.69. The molecule has 132 valence electrons. The van der Waals surface area contributed by atoms with Gasteiger partial charge in [0.2, 0.25) is 5.95 Å². The van der Waals surface area contributed by atoms with Gasteiger partial charge in [0, 0.05) is 17.8 Å². The Bertz CT molecular complexity index is 1280. The van der Waals surface area contributed by atoms with Crippen molar-refractivity contribution in [1.29, 1.82) is 5.26 Å². The molecule has 7 heteroatoms. The van der Waals surface area contributed by atoms with Crippen LogP contribution in [0.4, 0.5) is 5.82 Å². The predicted molar refractivity (Wildman–Crippen MR) is 101 cm³/mol. The summed E-state index contributed by atoms with van der Waals surface area (Å²) in [6, 6.07) is 17.3. The number of imide groups is 1. The zero-order valence-electron chi connectivity index (χ0n) is 14.4. The smallest absolute Gasteiger partial charge is 0.267 e. The summed E-state index contributed by atoms with van der Waals surface area (Å²) < 4.78 is 1.65. The van der Waals surface area contributed by atoms with E-state index in [4.69, 9.17) is 0 Å². The number of hydrogen-bond donors (Lipinski definition) is 0. The number of carbonyl (C=O) groups is 2. The second kappa shape index (κ2) is 5.86. The minimum absolute atomic E-state index is 0.328. The van der Waals surface area contributed by atoms with E-state index >= 15 is 0 Å². The quantitative estimate of drug-likeness (QED) is 0.509. The molecule has 28 heavy (non-hydrogen) atoms. The van der Waals surface area contributed by atoms with Crippen molar-refractivity contribution in [2.45, 2.75) is 0 Å². The first-order valence-electron chi connectivity index (χ1n) is 8.50. The second-order valence-corrected chi connectivity index (χ2v) is 6.26. The molecule has 0 unspecified atom stereocenters. The van der Waals surface area contributed by atoms with Crippen LogP contribution in [0, 0.1) is 11.3 Å². The van der Waals surface area contributed by atoms with Gasteiger partial charge in [-0.3, -0.25) is 14.2 Å². The predicted octanol–water partition coefficient (Wildman–Crippen LogP) is 3.09. The van der Waals surface area contributed by atoms with Gasteiger partial charge in [-0.05, 0) is 42.5 Å². The molecule has 1 aliphatic rings. The third-order valence-corrected chi connectivity index (χ3v) is 4.69. The fraction of sp³-hybridized carbons (Fsp3) is 0. The lowest BCUT2D eigenvalue weighted by Gasteiger charge is -2.16. The molecule has 0 aliphatic carbocycles. The Morgan fingerprint density at radius 1 is 0.857 bits per heavy atom. The molecule has 7 nitrogen and oxygen atoms in total. The number of fused-ring (bicyclic) bond motifs is 2. The molecule has 0 atom stereocenters. The third kappa shape index (κ3) is 2.15. The van der Waals surface area contributed by atoms with E-state index in [1.165, 1.54) is 0 Å². The Balaban J connectivity index is 1.80. The fourth-order valence-electron chi connectivity index (χ4n) is 3.45. The van der Waals surface area contributed by atoms with Crippen molar-refractivity contribution in [1.82, 2.24) is 14.5 Å². The highest BCUT2D eigenvalue weighted by Crippen LogP contribution is 2.34. The van der Waals surface area contributed by atoms with E-state index in [0.717, 1.165) is 4.90 Å². The van der Waals surface area contributed by atoms with E-state index in [9.17, 15) is 14.9 Å². The Labute approximate surface area is 159 Å². The lowest BCUT2D eigenvalue weighted by Crippen LogP contribution is -2.31. The van der Waals surface area contributed by atoms with Crippen molar-refractivity contribution < 1.29 is 9.59 Å². The number of benzene rings is 2. The molecule has 2 amide bonds. The number of nitriles is 1. The Hall–Kier alpha value is -4.31. The zero-order valence-corrected chi connectivity index (χ0v) is 14.4. The SMILES string of the molecule is N#Cc1ccc2c(c1)cc(N1C(=O)c3ccccc3C1=O)n2-c1ncccn1. The van der Waals surface area contributed by atoms with Crippen LogP contribution in [0.25, 0.3) is 16.9 Å². The standard InChI is InChI=1S/C21H11N5O2/c22-12-13-6-7-17-14(10-13)11-18(25(17)21-23-8-3-9-24-21)26-19(27)15-4-1-2-5-16(15)20(26)28/h1-11H. The maximum atomic E-state index is 13.0. The van der Waals surface area contributed by atoms with E-state index in [0.29, 0.717) is 39.4 Å². The minimum atomic E-state index is -0.402. The minimum Gasteiger partial charge on any atom is -0.268 e. The van der Waals surface area contributed by atoms with Crippen molar-refractivity contribution in [3.8, 4) is 12.0 Å². The van der Waals surface area contributed by atoms with E-state index in [1.54, 1.807) is 71.6 Å². The monoisotopic (exact) mass is 365 g/mol. The van der Waals surface area contributed by atoms with Gasteiger partial charge in [0.25, 0.3) is 11.8 Å². The number of hydrogen-bond acceptors (Lipinski definition) is 5. The molecule has 2 aromatic carbocycles. The molecule has 2 aromatic heterocycles. The number of carbonyl (C=O) groups excluding carboxylic acids is 2. The summed E-state index contributed by atoms with van der Waals surface area (Å²) in [6.07, 6.45) is 3.17. The summed E-state index contributed by atoms with van der Waals surface area (Å²) >= 11 is 0. The molecule has 0 saturated carbocycles. The summed E-state index contributed by atoms with van der Waals surface area (Å²) in [4.78, 5) is 35.7.